The lowest BCUT2D eigenvalue weighted by molar-refractivity contribution is -0.386. The van der Waals surface area contributed by atoms with Gasteiger partial charge in [-0.25, -0.2) is 0 Å². The van der Waals surface area contributed by atoms with Crippen LogP contribution in [-0.2, 0) is 0 Å². The third-order valence-electron chi connectivity index (χ3n) is 1.93. The van der Waals surface area contributed by atoms with Crippen LogP contribution in [0.5, 0.6) is 11.5 Å². The van der Waals surface area contributed by atoms with Gasteiger partial charge in [0.2, 0.25) is 5.75 Å². The molecule has 0 radical (unpaired) electrons. The number of rotatable bonds is 5. The Morgan fingerprint density at radius 1 is 1.00 bits per heavy atom. The second-order valence-electron chi connectivity index (χ2n) is 3.67. The molecule has 1 aromatic carbocycles. The van der Waals surface area contributed by atoms with Gasteiger partial charge in [-0.1, -0.05) is 6.07 Å². The number of alkyl halides is 6. The van der Waals surface area contributed by atoms with E-state index >= 15 is 0 Å². The molecule has 1 aromatic rings. The molecule has 0 saturated carbocycles. The molecule has 0 aromatic heterocycles. The smallest absolute Gasteiger partial charge is 0.422 e. The van der Waals surface area contributed by atoms with E-state index in [0.717, 1.165) is 18.2 Å². The van der Waals surface area contributed by atoms with Gasteiger partial charge in [-0.05, 0) is 6.07 Å². The lowest BCUT2D eigenvalue weighted by Gasteiger charge is -2.14. The molecule has 1 rings (SSSR count). The lowest BCUT2D eigenvalue weighted by Crippen LogP contribution is -2.22. The highest BCUT2D eigenvalue weighted by molar-refractivity contribution is 5.55. The predicted molar refractivity (Wildman–Crippen MR) is 56.2 cm³/mol. The first-order chi connectivity index (χ1) is 9.49. The normalized spacial score (nSPS) is 12.1. The maximum Gasteiger partial charge on any atom is 0.422 e. The highest BCUT2D eigenvalue weighted by Crippen LogP contribution is 2.38. The minimum absolute atomic E-state index is 0.784. The Labute approximate surface area is 113 Å². The molecule has 0 unspecified atom stereocenters. The lowest BCUT2D eigenvalue weighted by atomic mass is 10.2. The summed E-state index contributed by atoms with van der Waals surface area (Å²) in [4.78, 5) is 9.58. The van der Waals surface area contributed by atoms with E-state index in [2.05, 4.69) is 9.47 Å². The summed E-state index contributed by atoms with van der Waals surface area (Å²) in [6.07, 6.45) is -9.57. The van der Waals surface area contributed by atoms with Gasteiger partial charge in [-0.2, -0.15) is 26.3 Å². The Bertz CT molecular complexity index is 513. The maximum absolute atomic E-state index is 12.1. The second kappa shape index (κ2) is 6.06. The zero-order chi connectivity index (χ0) is 16.3. The quantitative estimate of drug-likeness (QED) is 0.473. The Morgan fingerprint density at radius 3 is 2.00 bits per heavy atom. The Morgan fingerprint density at radius 2 is 1.52 bits per heavy atom. The SMILES string of the molecule is O=[N+]([O-])c1cccc(OCC(F)(F)F)c1OCC(F)(F)F. The van der Waals surface area contributed by atoms with Crippen molar-refractivity contribution in [1.82, 2.24) is 0 Å². The molecule has 0 heterocycles. The molecule has 21 heavy (non-hydrogen) atoms. The summed E-state index contributed by atoms with van der Waals surface area (Å²) in [5.41, 5.74) is -0.932. The average molecular weight is 319 g/mol. The van der Waals surface area contributed by atoms with Gasteiger partial charge < -0.3 is 9.47 Å². The van der Waals surface area contributed by atoms with Gasteiger partial charge in [0.05, 0.1) is 4.92 Å². The van der Waals surface area contributed by atoms with E-state index in [0.29, 0.717) is 0 Å². The first-order valence-corrected chi connectivity index (χ1v) is 5.16. The van der Waals surface area contributed by atoms with Crippen molar-refractivity contribution < 1.29 is 40.7 Å². The Hall–Kier alpha value is -2.20. The summed E-state index contributed by atoms with van der Waals surface area (Å²) in [6, 6.07) is 2.58. The van der Waals surface area contributed by atoms with Crippen LogP contribution < -0.4 is 9.47 Å². The molecule has 0 saturated heterocycles. The van der Waals surface area contributed by atoms with E-state index in [4.69, 9.17) is 0 Å². The number of hydrogen-bond donors (Lipinski definition) is 0. The third kappa shape index (κ3) is 5.75. The van der Waals surface area contributed by atoms with Crippen LogP contribution in [0.1, 0.15) is 0 Å². The predicted octanol–water partition coefficient (Wildman–Crippen LogP) is 3.48. The first kappa shape index (κ1) is 16.9. The molecule has 0 aliphatic heterocycles. The van der Waals surface area contributed by atoms with Gasteiger partial charge >= 0.3 is 18.0 Å². The number of hydrogen-bond acceptors (Lipinski definition) is 4. The standard InChI is InChI=1S/C10H7F6NO4/c11-9(12,13)4-20-7-3-1-2-6(17(18)19)8(7)21-5-10(14,15)16/h1-3H,4-5H2. The van der Waals surface area contributed by atoms with Gasteiger partial charge in [0.1, 0.15) is 0 Å². The van der Waals surface area contributed by atoms with Gasteiger partial charge in [-0.3, -0.25) is 10.1 Å². The monoisotopic (exact) mass is 319 g/mol. The molecule has 0 spiro atoms. The van der Waals surface area contributed by atoms with Gasteiger partial charge in [0.15, 0.2) is 19.0 Å². The molecule has 0 aliphatic rings. The van der Waals surface area contributed by atoms with Crippen molar-refractivity contribution in [2.75, 3.05) is 13.2 Å². The second-order valence-corrected chi connectivity index (χ2v) is 3.67. The summed E-state index contributed by atoms with van der Waals surface area (Å²) in [5, 5.41) is 10.7. The molecule has 0 aliphatic carbocycles. The van der Waals surface area contributed by atoms with Crippen molar-refractivity contribution in [3.05, 3.63) is 28.3 Å². The summed E-state index contributed by atoms with van der Waals surface area (Å²) in [7, 11) is 0. The van der Waals surface area contributed by atoms with Crippen LogP contribution in [0.15, 0.2) is 18.2 Å². The minimum Gasteiger partial charge on any atom is -0.480 e. The Balaban J connectivity index is 3.05. The molecule has 0 atom stereocenters. The van der Waals surface area contributed by atoms with Crippen LogP contribution in [0.2, 0.25) is 0 Å². The molecular weight excluding hydrogens is 312 g/mol. The fraction of sp³-hybridized carbons (Fsp3) is 0.400. The molecule has 118 valence electrons. The molecule has 11 heteroatoms. The summed E-state index contributed by atoms with van der Waals surface area (Å²) >= 11 is 0. The third-order valence-corrected chi connectivity index (χ3v) is 1.93. The molecule has 0 fully saturated rings. The summed E-state index contributed by atoms with van der Waals surface area (Å²) in [5.74, 6) is -1.81. The van der Waals surface area contributed by atoms with Gasteiger partial charge in [-0.15, -0.1) is 0 Å². The van der Waals surface area contributed by atoms with E-state index < -0.39 is 47.7 Å². The largest absolute Gasteiger partial charge is 0.480 e. The molecule has 0 N–H and O–H groups in total. The number of ether oxygens (including phenoxy) is 2. The number of para-hydroxylation sites is 1. The zero-order valence-electron chi connectivity index (χ0n) is 9.99. The molecule has 5 nitrogen and oxygen atoms in total. The molecular formula is C10H7F6NO4. The molecule has 0 bridgehead atoms. The number of nitrogens with zero attached hydrogens (tertiary/aromatic N) is 1. The highest BCUT2D eigenvalue weighted by atomic mass is 19.4. The van der Waals surface area contributed by atoms with E-state index in [-0.39, 0.29) is 0 Å². The van der Waals surface area contributed by atoms with Crippen molar-refractivity contribution in [2.24, 2.45) is 0 Å². The topological polar surface area (TPSA) is 61.6 Å². The van der Waals surface area contributed by atoms with Crippen LogP contribution in [0.25, 0.3) is 0 Å². The number of nitro groups is 1. The highest BCUT2D eigenvalue weighted by Gasteiger charge is 2.33. The van der Waals surface area contributed by atoms with E-state index in [1.165, 1.54) is 0 Å². The number of benzene rings is 1. The van der Waals surface area contributed by atoms with Crippen LogP contribution in [0.3, 0.4) is 0 Å². The maximum atomic E-state index is 12.1. The van der Waals surface area contributed by atoms with Crippen molar-refractivity contribution >= 4 is 5.69 Å². The number of halogens is 6. The van der Waals surface area contributed by atoms with Crippen molar-refractivity contribution in [3.63, 3.8) is 0 Å². The Kier molecular flexibility index (Phi) is 4.86. The van der Waals surface area contributed by atoms with E-state index in [1.54, 1.807) is 0 Å². The van der Waals surface area contributed by atoms with Gasteiger partial charge in [0.25, 0.3) is 0 Å². The summed E-state index contributed by atoms with van der Waals surface area (Å²) in [6.45, 7) is -3.73. The fourth-order valence-corrected chi connectivity index (χ4v) is 1.22. The first-order valence-electron chi connectivity index (χ1n) is 5.16. The number of nitro benzene ring substituents is 1. The van der Waals surface area contributed by atoms with Crippen molar-refractivity contribution in [1.29, 1.82) is 0 Å². The van der Waals surface area contributed by atoms with E-state index in [9.17, 15) is 36.5 Å². The van der Waals surface area contributed by atoms with Crippen LogP contribution in [-0.4, -0.2) is 30.5 Å². The minimum atomic E-state index is -4.81. The molecule has 0 amide bonds. The van der Waals surface area contributed by atoms with Crippen LogP contribution >= 0.6 is 0 Å². The fourth-order valence-electron chi connectivity index (χ4n) is 1.22. The van der Waals surface area contributed by atoms with Crippen LogP contribution in [0.4, 0.5) is 32.0 Å². The average Bonchev–Trinajstić information content (AvgIpc) is 2.31. The van der Waals surface area contributed by atoms with Crippen molar-refractivity contribution in [3.8, 4) is 11.5 Å². The zero-order valence-corrected chi connectivity index (χ0v) is 9.99. The van der Waals surface area contributed by atoms with Crippen molar-refractivity contribution in [2.45, 2.75) is 12.4 Å². The summed E-state index contributed by atoms with van der Waals surface area (Å²) < 4.78 is 80.7. The van der Waals surface area contributed by atoms with Gasteiger partial charge in [0, 0.05) is 6.07 Å². The van der Waals surface area contributed by atoms with Crippen LogP contribution in [0, 0.1) is 10.1 Å². The van der Waals surface area contributed by atoms with E-state index in [1.807, 2.05) is 0 Å².